The fourth-order valence-corrected chi connectivity index (χ4v) is 2.35. The Balaban J connectivity index is 1.71. The SMILES string of the molecule is Cc1ncsc1CNC(=O)CCOc1ccccc1N. The van der Waals surface area contributed by atoms with E-state index in [0.717, 1.165) is 10.6 Å². The van der Waals surface area contributed by atoms with Crippen LogP contribution in [0.5, 0.6) is 5.75 Å². The zero-order chi connectivity index (χ0) is 14.4. The van der Waals surface area contributed by atoms with Gasteiger partial charge in [-0.1, -0.05) is 12.1 Å². The van der Waals surface area contributed by atoms with Gasteiger partial charge in [0.25, 0.3) is 0 Å². The number of nitrogen functional groups attached to an aromatic ring is 1. The topological polar surface area (TPSA) is 77.2 Å². The van der Waals surface area contributed by atoms with Gasteiger partial charge >= 0.3 is 0 Å². The average Bonchev–Trinajstić information content (AvgIpc) is 2.84. The molecule has 1 heterocycles. The molecule has 0 fully saturated rings. The molecule has 0 aliphatic carbocycles. The molecule has 1 aromatic heterocycles. The first-order valence-electron chi connectivity index (χ1n) is 6.30. The third-order valence-corrected chi connectivity index (χ3v) is 3.73. The summed E-state index contributed by atoms with van der Waals surface area (Å²) in [5.74, 6) is 0.561. The first kappa shape index (κ1) is 14.3. The highest BCUT2D eigenvalue weighted by atomic mass is 32.1. The van der Waals surface area contributed by atoms with Gasteiger partial charge in [-0.3, -0.25) is 4.79 Å². The monoisotopic (exact) mass is 291 g/mol. The molecule has 1 amide bonds. The van der Waals surface area contributed by atoms with Crippen molar-refractivity contribution < 1.29 is 9.53 Å². The molecule has 6 heteroatoms. The second-order valence-electron chi connectivity index (χ2n) is 4.27. The maximum Gasteiger partial charge on any atom is 0.223 e. The van der Waals surface area contributed by atoms with Gasteiger partial charge in [0.2, 0.25) is 5.91 Å². The van der Waals surface area contributed by atoms with Crippen LogP contribution in [-0.4, -0.2) is 17.5 Å². The smallest absolute Gasteiger partial charge is 0.223 e. The second-order valence-corrected chi connectivity index (χ2v) is 5.21. The van der Waals surface area contributed by atoms with E-state index in [2.05, 4.69) is 10.3 Å². The van der Waals surface area contributed by atoms with E-state index in [1.165, 1.54) is 0 Å². The predicted molar refractivity (Wildman–Crippen MR) is 79.7 cm³/mol. The Morgan fingerprint density at radius 1 is 1.45 bits per heavy atom. The first-order valence-corrected chi connectivity index (χ1v) is 7.17. The van der Waals surface area contributed by atoms with Crippen molar-refractivity contribution in [2.45, 2.75) is 19.9 Å². The maximum absolute atomic E-state index is 11.7. The molecule has 0 atom stereocenters. The van der Waals surface area contributed by atoms with Gasteiger partial charge in [0, 0.05) is 4.88 Å². The fraction of sp³-hybridized carbons (Fsp3) is 0.286. The molecule has 0 saturated carbocycles. The van der Waals surface area contributed by atoms with Crippen molar-refractivity contribution >= 4 is 22.9 Å². The number of carbonyl (C=O) groups is 1. The van der Waals surface area contributed by atoms with Gasteiger partial charge in [-0.05, 0) is 19.1 Å². The van der Waals surface area contributed by atoms with Crippen LogP contribution in [0.25, 0.3) is 0 Å². The number of anilines is 1. The number of hydrogen-bond donors (Lipinski definition) is 2. The Kier molecular flexibility index (Phi) is 4.95. The van der Waals surface area contributed by atoms with Crippen LogP contribution in [0.4, 0.5) is 5.69 Å². The zero-order valence-electron chi connectivity index (χ0n) is 11.3. The van der Waals surface area contributed by atoms with Crippen molar-refractivity contribution in [1.82, 2.24) is 10.3 Å². The summed E-state index contributed by atoms with van der Waals surface area (Å²) in [5, 5.41) is 2.85. The normalized spacial score (nSPS) is 10.2. The summed E-state index contributed by atoms with van der Waals surface area (Å²) in [5.41, 5.74) is 9.06. The van der Waals surface area contributed by atoms with Gasteiger partial charge in [0.15, 0.2) is 0 Å². The van der Waals surface area contributed by atoms with Gasteiger partial charge in [-0.2, -0.15) is 0 Å². The summed E-state index contributed by atoms with van der Waals surface area (Å²) in [6.45, 7) is 2.75. The van der Waals surface area contributed by atoms with E-state index >= 15 is 0 Å². The standard InChI is InChI=1S/C14H17N3O2S/c1-10-13(20-9-17-10)8-16-14(18)6-7-19-12-5-3-2-4-11(12)15/h2-5,9H,6-8,15H2,1H3,(H,16,18). The van der Waals surface area contributed by atoms with Crippen LogP contribution in [0, 0.1) is 6.92 Å². The van der Waals surface area contributed by atoms with Crippen LogP contribution in [0.15, 0.2) is 29.8 Å². The molecule has 0 aliphatic heterocycles. The molecule has 1 aromatic carbocycles. The summed E-state index contributed by atoms with van der Waals surface area (Å²) in [7, 11) is 0. The molecule has 0 unspecified atom stereocenters. The number of aryl methyl sites for hydroxylation is 1. The van der Waals surface area contributed by atoms with E-state index in [-0.39, 0.29) is 5.91 Å². The number of carbonyl (C=O) groups excluding carboxylic acids is 1. The molecule has 0 saturated heterocycles. The van der Waals surface area contributed by atoms with E-state index < -0.39 is 0 Å². The van der Waals surface area contributed by atoms with Crippen molar-refractivity contribution in [3.8, 4) is 5.75 Å². The number of hydrogen-bond acceptors (Lipinski definition) is 5. The highest BCUT2D eigenvalue weighted by Crippen LogP contribution is 2.19. The molecule has 0 spiro atoms. The quantitative estimate of drug-likeness (QED) is 0.799. The average molecular weight is 291 g/mol. The number of rotatable bonds is 6. The molecule has 2 aromatic rings. The summed E-state index contributed by atoms with van der Waals surface area (Å²) in [4.78, 5) is 16.9. The molecule has 5 nitrogen and oxygen atoms in total. The Bertz CT molecular complexity index is 583. The molecular weight excluding hydrogens is 274 g/mol. The molecular formula is C14H17N3O2S. The van der Waals surface area contributed by atoms with Gasteiger partial charge in [0.1, 0.15) is 5.75 Å². The van der Waals surface area contributed by atoms with Crippen molar-refractivity contribution in [2.75, 3.05) is 12.3 Å². The summed E-state index contributed by atoms with van der Waals surface area (Å²) in [6.07, 6.45) is 0.298. The third-order valence-electron chi connectivity index (χ3n) is 2.80. The highest BCUT2D eigenvalue weighted by Gasteiger charge is 2.06. The molecule has 20 heavy (non-hydrogen) atoms. The largest absolute Gasteiger partial charge is 0.491 e. The number of para-hydroxylation sites is 2. The van der Waals surface area contributed by atoms with Crippen molar-refractivity contribution in [3.63, 3.8) is 0 Å². The van der Waals surface area contributed by atoms with Crippen molar-refractivity contribution in [1.29, 1.82) is 0 Å². The lowest BCUT2D eigenvalue weighted by atomic mass is 10.3. The molecule has 3 N–H and O–H groups in total. The van der Waals surface area contributed by atoms with Crippen LogP contribution < -0.4 is 15.8 Å². The molecule has 106 valence electrons. The van der Waals surface area contributed by atoms with Crippen LogP contribution in [0.3, 0.4) is 0 Å². The molecule has 0 radical (unpaired) electrons. The zero-order valence-corrected chi connectivity index (χ0v) is 12.1. The van der Waals surface area contributed by atoms with Crippen LogP contribution in [-0.2, 0) is 11.3 Å². The second kappa shape index (κ2) is 6.91. The summed E-state index contributed by atoms with van der Waals surface area (Å²) >= 11 is 1.54. The number of ether oxygens (including phenoxy) is 1. The van der Waals surface area contributed by atoms with Gasteiger partial charge in [-0.25, -0.2) is 4.98 Å². The van der Waals surface area contributed by atoms with Crippen LogP contribution in [0.1, 0.15) is 17.0 Å². The Hall–Kier alpha value is -2.08. The number of benzene rings is 1. The lowest BCUT2D eigenvalue weighted by Gasteiger charge is -2.08. The lowest BCUT2D eigenvalue weighted by Crippen LogP contribution is -2.24. The third kappa shape index (κ3) is 3.96. The molecule has 0 aliphatic rings. The van der Waals surface area contributed by atoms with Crippen LogP contribution in [0.2, 0.25) is 0 Å². The summed E-state index contributed by atoms with van der Waals surface area (Å²) < 4.78 is 5.47. The van der Waals surface area contributed by atoms with Gasteiger partial charge in [0.05, 0.1) is 36.5 Å². The van der Waals surface area contributed by atoms with E-state index in [0.29, 0.717) is 31.0 Å². The van der Waals surface area contributed by atoms with Crippen LogP contribution >= 0.6 is 11.3 Å². The number of nitrogens with one attached hydrogen (secondary N) is 1. The van der Waals surface area contributed by atoms with Crippen molar-refractivity contribution in [3.05, 3.63) is 40.3 Å². The number of aromatic nitrogens is 1. The van der Waals surface area contributed by atoms with E-state index in [1.807, 2.05) is 19.1 Å². The number of thiazole rings is 1. The number of nitrogens with zero attached hydrogens (tertiary/aromatic N) is 1. The molecule has 0 bridgehead atoms. The summed E-state index contributed by atoms with van der Waals surface area (Å²) in [6, 6.07) is 7.24. The van der Waals surface area contributed by atoms with E-state index in [4.69, 9.17) is 10.5 Å². The minimum atomic E-state index is -0.0488. The lowest BCUT2D eigenvalue weighted by molar-refractivity contribution is -0.121. The number of amides is 1. The van der Waals surface area contributed by atoms with Gasteiger partial charge in [-0.15, -0.1) is 11.3 Å². The Labute approximate surface area is 121 Å². The van der Waals surface area contributed by atoms with E-state index in [1.54, 1.807) is 29.0 Å². The predicted octanol–water partition coefficient (Wildman–Crippen LogP) is 2.12. The minimum Gasteiger partial charge on any atom is -0.491 e. The Morgan fingerprint density at radius 2 is 2.25 bits per heavy atom. The fourth-order valence-electron chi connectivity index (χ4n) is 1.63. The number of nitrogens with two attached hydrogens (primary N) is 1. The minimum absolute atomic E-state index is 0.0488. The molecule has 2 rings (SSSR count). The maximum atomic E-state index is 11.7. The Morgan fingerprint density at radius 3 is 2.95 bits per heavy atom. The highest BCUT2D eigenvalue weighted by molar-refractivity contribution is 7.09. The van der Waals surface area contributed by atoms with Crippen molar-refractivity contribution in [2.24, 2.45) is 0 Å². The first-order chi connectivity index (χ1) is 9.66. The van der Waals surface area contributed by atoms with E-state index in [9.17, 15) is 4.79 Å². The van der Waals surface area contributed by atoms with Gasteiger partial charge < -0.3 is 15.8 Å².